The Morgan fingerprint density at radius 2 is 1.93 bits per heavy atom. The second kappa shape index (κ2) is 8.73. The number of hydrogen-bond acceptors (Lipinski definition) is 3. The van der Waals surface area contributed by atoms with Crippen molar-refractivity contribution in [3.8, 4) is 11.3 Å². The van der Waals surface area contributed by atoms with Gasteiger partial charge in [0.1, 0.15) is 6.61 Å². The summed E-state index contributed by atoms with van der Waals surface area (Å²) >= 11 is 0. The van der Waals surface area contributed by atoms with Gasteiger partial charge in [0.2, 0.25) is 0 Å². The van der Waals surface area contributed by atoms with E-state index in [0.717, 1.165) is 24.1 Å². The maximum atomic E-state index is 12.6. The second-order valence-corrected chi connectivity index (χ2v) is 7.08. The van der Waals surface area contributed by atoms with Crippen LogP contribution in [0.4, 0.5) is 13.2 Å². The van der Waals surface area contributed by atoms with Crippen LogP contribution < -0.4 is 5.32 Å². The Hall–Kier alpha value is -2.41. The van der Waals surface area contributed by atoms with Crippen LogP contribution in [-0.4, -0.2) is 35.8 Å². The Bertz CT molecular complexity index is 809. The maximum Gasteiger partial charge on any atom is 0.411 e. The molecule has 0 unspecified atom stereocenters. The Morgan fingerprint density at radius 1 is 1.18 bits per heavy atom. The lowest BCUT2D eigenvalue weighted by Crippen LogP contribution is -2.41. The van der Waals surface area contributed by atoms with Gasteiger partial charge in [0.25, 0.3) is 5.91 Å². The summed E-state index contributed by atoms with van der Waals surface area (Å²) in [6, 6.07) is 13.0. The van der Waals surface area contributed by atoms with Crippen LogP contribution in [0, 0.1) is 6.92 Å². The minimum atomic E-state index is -4.33. The molecule has 1 aliphatic rings. The Labute approximate surface area is 162 Å². The third-order valence-electron chi connectivity index (χ3n) is 4.84. The number of alkyl halides is 3. The highest BCUT2D eigenvalue weighted by atomic mass is 19.4. The van der Waals surface area contributed by atoms with Crippen molar-refractivity contribution in [3.63, 3.8) is 0 Å². The molecule has 0 radical (unpaired) electrons. The van der Waals surface area contributed by atoms with E-state index < -0.39 is 18.9 Å². The molecule has 0 saturated heterocycles. The Balaban J connectivity index is 1.61. The fourth-order valence-electron chi connectivity index (χ4n) is 3.47. The van der Waals surface area contributed by atoms with Gasteiger partial charge in [0.15, 0.2) is 0 Å². The van der Waals surface area contributed by atoms with E-state index in [0.29, 0.717) is 24.1 Å². The topological polar surface area (TPSA) is 51.2 Å². The summed E-state index contributed by atoms with van der Waals surface area (Å²) in [5, 5.41) is 2.92. The predicted octanol–water partition coefficient (Wildman–Crippen LogP) is 4.68. The fourth-order valence-corrected chi connectivity index (χ4v) is 3.47. The van der Waals surface area contributed by atoms with Gasteiger partial charge in [0.05, 0.1) is 23.1 Å². The number of aryl methyl sites for hydroxylation is 1. The number of carbonyl (C=O) groups is 1. The van der Waals surface area contributed by atoms with Gasteiger partial charge in [-0.1, -0.05) is 30.3 Å². The quantitative estimate of drug-likeness (QED) is 0.804. The normalized spacial score (nSPS) is 20.0. The molecule has 3 rings (SSSR count). The summed E-state index contributed by atoms with van der Waals surface area (Å²) in [5.41, 5.74) is 2.83. The summed E-state index contributed by atoms with van der Waals surface area (Å²) in [5.74, 6) is -0.258. The number of carbonyl (C=O) groups excluding carboxylic acids is 1. The number of benzene rings is 1. The molecule has 1 heterocycles. The van der Waals surface area contributed by atoms with Crippen LogP contribution in [0.2, 0.25) is 0 Å². The second-order valence-electron chi connectivity index (χ2n) is 7.08. The molecule has 1 aromatic carbocycles. The first-order valence-corrected chi connectivity index (χ1v) is 9.34. The van der Waals surface area contributed by atoms with E-state index >= 15 is 0 Å². The lowest BCUT2D eigenvalue weighted by atomic mass is 9.92. The van der Waals surface area contributed by atoms with Crippen molar-refractivity contribution in [2.45, 2.75) is 50.9 Å². The minimum absolute atomic E-state index is 0.201. The van der Waals surface area contributed by atoms with Crippen LogP contribution in [0.15, 0.2) is 42.5 Å². The zero-order valence-electron chi connectivity index (χ0n) is 15.6. The molecular formula is C21H23F3N2O2. The molecule has 1 saturated carbocycles. The van der Waals surface area contributed by atoms with Gasteiger partial charge < -0.3 is 10.1 Å². The smallest absolute Gasteiger partial charge is 0.369 e. The van der Waals surface area contributed by atoms with Crippen LogP contribution in [-0.2, 0) is 4.74 Å². The molecule has 4 nitrogen and oxygen atoms in total. The number of rotatable bonds is 5. The summed E-state index contributed by atoms with van der Waals surface area (Å²) in [6.45, 7) is 0.528. The van der Waals surface area contributed by atoms with Gasteiger partial charge in [-0.2, -0.15) is 13.2 Å². The molecule has 1 amide bonds. The van der Waals surface area contributed by atoms with Crippen LogP contribution in [0.25, 0.3) is 11.3 Å². The largest absolute Gasteiger partial charge is 0.411 e. The number of aromatic nitrogens is 1. The SMILES string of the molecule is Cc1nc(-c2ccccc2)ccc1C(=O)N[C@@H]1CCC[C@H](OCC(F)(F)F)C1. The first-order valence-electron chi connectivity index (χ1n) is 9.34. The molecule has 2 atom stereocenters. The highest BCUT2D eigenvalue weighted by Gasteiger charge is 2.31. The molecule has 1 aliphatic carbocycles. The Morgan fingerprint density at radius 3 is 2.61 bits per heavy atom. The highest BCUT2D eigenvalue weighted by Crippen LogP contribution is 2.25. The van der Waals surface area contributed by atoms with E-state index in [1.807, 2.05) is 30.3 Å². The van der Waals surface area contributed by atoms with E-state index in [1.54, 1.807) is 19.1 Å². The van der Waals surface area contributed by atoms with Crippen LogP contribution in [0.1, 0.15) is 41.7 Å². The van der Waals surface area contributed by atoms with Gasteiger partial charge >= 0.3 is 6.18 Å². The van der Waals surface area contributed by atoms with Crippen molar-refractivity contribution >= 4 is 5.91 Å². The van der Waals surface area contributed by atoms with Crippen LogP contribution in [0.5, 0.6) is 0 Å². The number of nitrogens with one attached hydrogen (secondary N) is 1. The number of pyridine rings is 1. The van der Waals surface area contributed by atoms with Crippen molar-refractivity contribution in [3.05, 3.63) is 53.7 Å². The van der Waals surface area contributed by atoms with Gasteiger partial charge in [0, 0.05) is 11.6 Å². The summed E-state index contributed by atoms with van der Waals surface area (Å²) in [6.07, 6.45) is -2.41. The lowest BCUT2D eigenvalue weighted by molar-refractivity contribution is -0.188. The molecule has 150 valence electrons. The van der Waals surface area contributed by atoms with Gasteiger partial charge in [-0.3, -0.25) is 9.78 Å². The summed E-state index contributed by atoms with van der Waals surface area (Å²) in [4.78, 5) is 17.2. The molecule has 1 fully saturated rings. The zero-order valence-corrected chi connectivity index (χ0v) is 15.6. The number of ether oxygens (including phenoxy) is 1. The number of nitrogens with zero attached hydrogens (tertiary/aromatic N) is 1. The van der Waals surface area contributed by atoms with E-state index in [1.165, 1.54) is 0 Å². The van der Waals surface area contributed by atoms with Crippen molar-refractivity contribution in [1.82, 2.24) is 10.3 Å². The molecule has 0 aliphatic heterocycles. The number of hydrogen-bond donors (Lipinski definition) is 1. The molecule has 1 aromatic heterocycles. The first kappa shape index (κ1) is 20.3. The number of amides is 1. The highest BCUT2D eigenvalue weighted by molar-refractivity contribution is 5.95. The molecule has 0 spiro atoms. The Kier molecular flexibility index (Phi) is 6.34. The lowest BCUT2D eigenvalue weighted by Gasteiger charge is -2.30. The molecular weight excluding hydrogens is 369 g/mol. The van der Waals surface area contributed by atoms with Crippen molar-refractivity contribution < 1.29 is 22.7 Å². The van der Waals surface area contributed by atoms with Crippen LogP contribution in [0.3, 0.4) is 0 Å². The molecule has 28 heavy (non-hydrogen) atoms. The van der Waals surface area contributed by atoms with Crippen LogP contribution >= 0.6 is 0 Å². The van der Waals surface area contributed by atoms with Crippen molar-refractivity contribution in [2.24, 2.45) is 0 Å². The first-order chi connectivity index (χ1) is 13.3. The number of halogens is 3. The van der Waals surface area contributed by atoms with Gasteiger partial charge in [-0.25, -0.2) is 0 Å². The average Bonchev–Trinajstić information content (AvgIpc) is 2.66. The monoisotopic (exact) mass is 392 g/mol. The summed E-state index contributed by atoms with van der Waals surface area (Å²) in [7, 11) is 0. The zero-order chi connectivity index (χ0) is 20.1. The molecule has 7 heteroatoms. The maximum absolute atomic E-state index is 12.6. The third kappa shape index (κ3) is 5.55. The van der Waals surface area contributed by atoms with E-state index in [-0.39, 0.29) is 11.9 Å². The van der Waals surface area contributed by atoms with E-state index in [4.69, 9.17) is 4.74 Å². The standard InChI is InChI=1S/C21H23F3N2O2/c1-14-18(10-11-19(25-14)15-6-3-2-4-7-15)20(27)26-16-8-5-9-17(12-16)28-13-21(22,23)24/h2-4,6-7,10-11,16-17H,5,8-9,12-13H2,1H3,(H,26,27)/t16-,17+/m1/s1. The van der Waals surface area contributed by atoms with E-state index in [2.05, 4.69) is 10.3 Å². The fraction of sp³-hybridized carbons (Fsp3) is 0.429. The van der Waals surface area contributed by atoms with Gasteiger partial charge in [-0.15, -0.1) is 0 Å². The van der Waals surface area contributed by atoms with Gasteiger partial charge in [-0.05, 0) is 44.7 Å². The third-order valence-corrected chi connectivity index (χ3v) is 4.84. The molecule has 2 aromatic rings. The average molecular weight is 392 g/mol. The minimum Gasteiger partial charge on any atom is -0.369 e. The molecule has 1 N–H and O–H groups in total. The van der Waals surface area contributed by atoms with Crippen molar-refractivity contribution in [2.75, 3.05) is 6.61 Å². The van der Waals surface area contributed by atoms with E-state index in [9.17, 15) is 18.0 Å². The van der Waals surface area contributed by atoms with Crippen molar-refractivity contribution in [1.29, 1.82) is 0 Å². The summed E-state index contributed by atoms with van der Waals surface area (Å²) < 4.78 is 42.0. The molecule has 0 bridgehead atoms. The predicted molar refractivity (Wildman–Crippen MR) is 99.9 cm³/mol.